The molecule has 1 fully saturated rings. The molecule has 2 aliphatic heterocycles. The molecule has 0 radical (unpaired) electrons. The minimum Gasteiger partial charge on any atom is -0.340 e. The van der Waals surface area contributed by atoms with E-state index in [1.165, 1.54) is 0 Å². The summed E-state index contributed by atoms with van der Waals surface area (Å²) in [7, 11) is 0. The fraction of sp³-hybridized carbons (Fsp3) is 0.250. The first-order valence-corrected chi connectivity index (χ1v) is 11.7. The third-order valence-corrected chi connectivity index (χ3v) is 6.61. The number of carbonyl (C=O) groups is 3. The van der Waals surface area contributed by atoms with Gasteiger partial charge < -0.3 is 15.1 Å². The summed E-state index contributed by atoms with van der Waals surface area (Å²) in [6.07, 6.45) is 1.94. The van der Waals surface area contributed by atoms with Gasteiger partial charge in [0, 0.05) is 30.9 Å². The van der Waals surface area contributed by atoms with Crippen molar-refractivity contribution in [2.75, 3.05) is 22.9 Å². The molecule has 0 aromatic heterocycles. The average Bonchev–Trinajstić information content (AvgIpc) is 3.29. The largest absolute Gasteiger partial charge is 0.340 e. The molecule has 1 saturated heterocycles. The highest BCUT2D eigenvalue weighted by Gasteiger charge is 2.38. The molecule has 1 N–H and O–H groups in total. The number of para-hydroxylation sites is 2. The van der Waals surface area contributed by atoms with Crippen LogP contribution in [0.1, 0.15) is 30.0 Å². The fourth-order valence-corrected chi connectivity index (χ4v) is 4.85. The lowest BCUT2D eigenvalue weighted by atomic mass is 9.98. The third-order valence-electron chi connectivity index (χ3n) is 6.61. The Hall–Kier alpha value is -3.93. The Morgan fingerprint density at radius 3 is 2.32 bits per heavy atom. The van der Waals surface area contributed by atoms with Gasteiger partial charge in [0.1, 0.15) is 6.04 Å². The van der Waals surface area contributed by atoms with E-state index in [-0.39, 0.29) is 24.1 Å². The monoisotopic (exact) mass is 453 g/mol. The Balaban J connectivity index is 1.38. The smallest absolute Gasteiger partial charge is 0.254 e. The molecule has 2 unspecified atom stereocenters. The molecule has 5 rings (SSSR count). The van der Waals surface area contributed by atoms with Gasteiger partial charge >= 0.3 is 0 Å². The topological polar surface area (TPSA) is 69.7 Å². The van der Waals surface area contributed by atoms with Crippen LogP contribution in [0.25, 0.3) is 0 Å². The van der Waals surface area contributed by atoms with E-state index in [1.807, 2.05) is 84.9 Å². The maximum atomic E-state index is 13.8. The van der Waals surface area contributed by atoms with E-state index in [1.54, 1.807) is 9.80 Å². The molecule has 6 heteroatoms. The van der Waals surface area contributed by atoms with Crippen LogP contribution < -0.4 is 15.1 Å². The molecule has 0 spiro atoms. The minimum atomic E-state index is -0.819. The number of benzene rings is 3. The van der Waals surface area contributed by atoms with Crippen LogP contribution in [0.15, 0.2) is 84.9 Å². The summed E-state index contributed by atoms with van der Waals surface area (Å²) in [6, 6.07) is 25.8. The number of hydrogen-bond acceptors (Lipinski definition) is 3. The van der Waals surface area contributed by atoms with Gasteiger partial charge in [-0.2, -0.15) is 0 Å². The normalized spacial score (nSPS) is 18.4. The lowest BCUT2D eigenvalue weighted by molar-refractivity contribution is -0.130. The number of aryl methyl sites for hydroxylation is 1. The molecule has 172 valence electrons. The Labute approximate surface area is 199 Å². The van der Waals surface area contributed by atoms with Crippen LogP contribution in [0.2, 0.25) is 0 Å². The quantitative estimate of drug-likeness (QED) is 0.638. The number of amides is 3. The van der Waals surface area contributed by atoms with Crippen LogP contribution in [0.3, 0.4) is 0 Å². The molecule has 3 aromatic rings. The van der Waals surface area contributed by atoms with Gasteiger partial charge in [-0.05, 0) is 42.2 Å². The van der Waals surface area contributed by atoms with Crippen LogP contribution in [0, 0.1) is 5.92 Å². The van der Waals surface area contributed by atoms with Crippen LogP contribution in [-0.2, 0) is 20.8 Å². The molecule has 2 aliphatic rings. The van der Waals surface area contributed by atoms with E-state index in [4.69, 9.17) is 0 Å². The standard InChI is InChI=1S/C28H27N3O3/c32-25-18-22(19-31(25)23-14-5-2-6-15-23)27(33)29-26(21-11-3-1-4-12-21)28(34)30-17-9-13-20-10-7-8-16-24(20)30/h1-8,10-12,14-16,22,26H,9,13,17-19H2,(H,29,33). The summed E-state index contributed by atoms with van der Waals surface area (Å²) in [4.78, 5) is 43.2. The number of anilines is 2. The number of carbonyl (C=O) groups excluding carboxylic acids is 3. The van der Waals surface area contributed by atoms with E-state index < -0.39 is 12.0 Å². The second kappa shape index (κ2) is 9.51. The van der Waals surface area contributed by atoms with Gasteiger partial charge in [0.05, 0.1) is 5.92 Å². The Kier molecular flexibility index (Phi) is 6.12. The summed E-state index contributed by atoms with van der Waals surface area (Å²) in [5.74, 6) is -1.03. The molecule has 2 heterocycles. The lowest BCUT2D eigenvalue weighted by Crippen LogP contribution is -2.46. The van der Waals surface area contributed by atoms with Gasteiger partial charge in [-0.25, -0.2) is 0 Å². The van der Waals surface area contributed by atoms with E-state index >= 15 is 0 Å². The van der Waals surface area contributed by atoms with Crippen molar-refractivity contribution in [2.45, 2.75) is 25.3 Å². The first-order valence-electron chi connectivity index (χ1n) is 11.7. The number of hydrogen-bond donors (Lipinski definition) is 1. The van der Waals surface area contributed by atoms with E-state index in [0.717, 1.165) is 35.3 Å². The number of fused-ring (bicyclic) bond motifs is 1. The summed E-state index contributed by atoms with van der Waals surface area (Å²) in [5.41, 5.74) is 3.55. The average molecular weight is 454 g/mol. The molecule has 3 aromatic carbocycles. The van der Waals surface area contributed by atoms with Crippen LogP contribution in [0.5, 0.6) is 0 Å². The highest BCUT2D eigenvalue weighted by atomic mass is 16.2. The van der Waals surface area contributed by atoms with Gasteiger partial charge in [-0.1, -0.05) is 66.7 Å². The van der Waals surface area contributed by atoms with Crippen molar-refractivity contribution in [2.24, 2.45) is 5.92 Å². The minimum absolute atomic E-state index is 0.0844. The number of rotatable bonds is 5. The van der Waals surface area contributed by atoms with Crippen molar-refractivity contribution in [3.63, 3.8) is 0 Å². The zero-order valence-electron chi connectivity index (χ0n) is 18.9. The zero-order valence-corrected chi connectivity index (χ0v) is 18.9. The Morgan fingerprint density at radius 1 is 0.882 bits per heavy atom. The van der Waals surface area contributed by atoms with Crippen molar-refractivity contribution in [3.8, 4) is 0 Å². The molecule has 0 saturated carbocycles. The molecular formula is C28H27N3O3. The molecule has 0 bridgehead atoms. The predicted octanol–water partition coefficient (Wildman–Crippen LogP) is 3.88. The first kappa shape index (κ1) is 21.9. The molecule has 3 amide bonds. The van der Waals surface area contributed by atoms with Crippen molar-refractivity contribution in [1.82, 2.24) is 5.32 Å². The highest BCUT2D eigenvalue weighted by Crippen LogP contribution is 2.30. The maximum Gasteiger partial charge on any atom is 0.254 e. The van der Waals surface area contributed by atoms with Crippen molar-refractivity contribution in [3.05, 3.63) is 96.1 Å². The van der Waals surface area contributed by atoms with E-state index in [0.29, 0.717) is 13.1 Å². The number of nitrogens with zero attached hydrogens (tertiary/aromatic N) is 2. The lowest BCUT2D eigenvalue weighted by Gasteiger charge is -2.33. The second-order valence-corrected chi connectivity index (χ2v) is 8.82. The Bertz CT molecular complexity index is 1200. The van der Waals surface area contributed by atoms with Crippen molar-refractivity contribution >= 4 is 29.1 Å². The molecule has 2 atom stereocenters. The van der Waals surface area contributed by atoms with Crippen LogP contribution in [0.4, 0.5) is 11.4 Å². The molecule has 6 nitrogen and oxygen atoms in total. The third kappa shape index (κ3) is 4.31. The maximum absolute atomic E-state index is 13.8. The van der Waals surface area contributed by atoms with E-state index in [9.17, 15) is 14.4 Å². The summed E-state index contributed by atoms with van der Waals surface area (Å²) in [6.45, 7) is 0.912. The molecular weight excluding hydrogens is 426 g/mol. The summed E-state index contributed by atoms with van der Waals surface area (Å²) < 4.78 is 0. The van der Waals surface area contributed by atoms with Crippen molar-refractivity contribution < 1.29 is 14.4 Å². The van der Waals surface area contributed by atoms with Gasteiger partial charge in [0.2, 0.25) is 11.8 Å². The number of nitrogens with one attached hydrogen (secondary N) is 1. The highest BCUT2D eigenvalue weighted by molar-refractivity contribution is 6.03. The first-order chi connectivity index (χ1) is 16.6. The predicted molar refractivity (Wildman–Crippen MR) is 131 cm³/mol. The van der Waals surface area contributed by atoms with E-state index in [2.05, 4.69) is 5.32 Å². The summed E-state index contributed by atoms with van der Waals surface area (Å²) in [5, 5.41) is 2.99. The van der Waals surface area contributed by atoms with Gasteiger partial charge in [-0.3, -0.25) is 14.4 Å². The van der Waals surface area contributed by atoms with Crippen LogP contribution in [-0.4, -0.2) is 30.8 Å². The fourth-order valence-electron chi connectivity index (χ4n) is 4.85. The van der Waals surface area contributed by atoms with Gasteiger partial charge in [0.15, 0.2) is 0 Å². The Morgan fingerprint density at radius 2 is 1.56 bits per heavy atom. The molecule has 0 aliphatic carbocycles. The van der Waals surface area contributed by atoms with Crippen LogP contribution >= 0.6 is 0 Å². The molecule has 34 heavy (non-hydrogen) atoms. The van der Waals surface area contributed by atoms with Crippen molar-refractivity contribution in [1.29, 1.82) is 0 Å². The second-order valence-electron chi connectivity index (χ2n) is 8.82. The summed E-state index contributed by atoms with van der Waals surface area (Å²) >= 11 is 0. The van der Waals surface area contributed by atoms with Gasteiger partial charge in [-0.15, -0.1) is 0 Å². The SMILES string of the molecule is O=C(NC(C(=O)N1CCCc2ccccc21)c1ccccc1)C1CC(=O)N(c2ccccc2)C1. The zero-order chi connectivity index (χ0) is 23.5. The van der Waals surface area contributed by atoms with Gasteiger partial charge in [0.25, 0.3) is 5.91 Å².